The van der Waals surface area contributed by atoms with Gasteiger partial charge in [0.2, 0.25) is 0 Å². The van der Waals surface area contributed by atoms with E-state index in [9.17, 15) is 4.79 Å². The molecule has 23 heavy (non-hydrogen) atoms. The van der Waals surface area contributed by atoms with Gasteiger partial charge in [-0.15, -0.1) is 0 Å². The molecule has 0 amide bonds. The molecule has 1 aromatic carbocycles. The average molecular weight is 309 g/mol. The molecule has 1 N–H and O–H groups in total. The van der Waals surface area contributed by atoms with E-state index in [2.05, 4.69) is 34.0 Å². The minimum Gasteiger partial charge on any atom is -0.486 e. The van der Waals surface area contributed by atoms with E-state index in [0.717, 1.165) is 12.2 Å². The maximum atomic E-state index is 12.0. The lowest BCUT2D eigenvalue weighted by Gasteiger charge is -2.07. The monoisotopic (exact) mass is 309 g/mol. The van der Waals surface area contributed by atoms with E-state index in [1.165, 1.54) is 18.4 Å². The van der Waals surface area contributed by atoms with Crippen LogP contribution in [-0.4, -0.2) is 15.0 Å². The number of nitrogens with zero attached hydrogens (tertiary/aromatic N) is 2. The minimum absolute atomic E-state index is 0.175. The summed E-state index contributed by atoms with van der Waals surface area (Å²) in [4.78, 5) is 23.1. The second-order valence-corrected chi connectivity index (χ2v) is 5.44. The number of rotatable bonds is 6. The molecule has 0 spiro atoms. The molecule has 0 unspecified atom stereocenters. The zero-order chi connectivity index (χ0) is 16.1. The molecule has 5 nitrogen and oxygen atoms in total. The fourth-order valence-corrected chi connectivity index (χ4v) is 2.39. The van der Waals surface area contributed by atoms with E-state index < -0.39 is 0 Å². The predicted molar refractivity (Wildman–Crippen MR) is 89.5 cm³/mol. The first kappa shape index (κ1) is 15.2. The van der Waals surface area contributed by atoms with Gasteiger partial charge in [0.1, 0.15) is 18.2 Å². The van der Waals surface area contributed by atoms with Gasteiger partial charge < -0.3 is 9.72 Å². The van der Waals surface area contributed by atoms with E-state index >= 15 is 0 Å². The molecule has 0 saturated carbocycles. The smallest absolute Gasteiger partial charge is 0.258 e. The van der Waals surface area contributed by atoms with Crippen LogP contribution < -0.4 is 10.3 Å². The highest BCUT2D eigenvalue weighted by Gasteiger charge is 2.04. The van der Waals surface area contributed by atoms with Crippen LogP contribution in [0.3, 0.4) is 0 Å². The lowest BCUT2D eigenvalue weighted by molar-refractivity contribution is 0.296. The Morgan fingerprint density at radius 1 is 1.17 bits per heavy atom. The number of aromatic amines is 1. The zero-order valence-electron chi connectivity index (χ0n) is 13.1. The van der Waals surface area contributed by atoms with Crippen molar-refractivity contribution in [1.29, 1.82) is 0 Å². The highest BCUT2D eigenvalue weighted by molar-refractivity contribution is 5.75. The first-order chi connectivity index (χ1) is 11.3. The fourth-order valence-electron chi connectivity index (χ4n) is 2.39. The van der Waals surface area contributed by atoms with Crippen LogP contribution >= 0.6 is 0 Å². The maximum absolute atomic E-state index is 12.0. The Morgan fingerprint density at radius 3 is 2.78 bits per heavy atom. The van der Waals surface area contributed by atoms with E-state index in [1.54, 1.807) is 18.5 Å². The van der Waals surface area contributed by atoms with Crippen molar-refractivity contribution in [1.82, 2.24) is 15.0 Å². The Balaban J connectivity index is 1.69. The Bertz CT molecular complexity index is 841. The molecule has 0 bridgehead atoms. The molecule has 5 heteroatoms. The number of unbranched alkanes of at least 4 members (excludes halogenated alkanes) is 1. The Morgan fingerprint density at radius 2 is 2.00 bits per heavy atom. The standard InChI is InChI=1S/C18H19N3O2/c1-2-3-4-13-5-7-14(8-6-13)23-12-17-20-16-11-19-10-9-15(16)18(22)21-17/h5-11H,2-4,12H2,1H3,(H,20,21,22). The van der Waals surface area contributed by atoms with Gasteiger partial charge in [0.25, 0.3) is 5.56 Å². The second kappa shape index (κ2) is 7.05. The first-order valence-electron chi connectivity index (χ1n) is 7.81. The van der Waals surface area contributed by atoms with Crippen molar-refractivity contribution >= 4 is 10.9 Å². The highest BCUT2D eigenvalue weighted by atomic mass is 16.5. The normalized spacial score (nSPS) is 10.8. The van der Waals surface area contributed by atoms with Crippen molar-refractivity contribution in [2.75, 3.05) is 0 Å². The highest BCUT2D eigenvalue weighted by Crippen LogP contribution is 2.15. The summed E-state index contributed by atoms with van der Waals surface area (Å²) in [5.74, 6) is 1.25. The Hall–Kier alpha value is -2.69. The number of aromatic nitrogens is 3. The zero-order valence-corrected chi connectivity index (χ0v) is 13.1. The van der Waals surface area contributed by atoms with Crippen LogP contribution in [0.5, 0.6) is 5.75 Å². The molecule has 0 saturated heterocycles. The van der Waals surface area contributed by atoms with Gasteiger partial charge in [-0.25, -0.2) is 4.98 Å². The molecule has 0 fully saturated rings. The molecule has 3 aromatic rings. The number of benzene rings is 1. The lowest BCUT2D eigenvalue weighted by Crippen LogP contribution is -2.13. The quantitative estimate of drug-likeness (QED) is 0.759. The third-order valence-corrected chi connectivity index (χ3v) is 3.68. The van der Waals surface area contributed by atoms with Crippen LogP contribution in [-0.2, 0) is 13.0 Å². The molecule has 3 rings (SSSR count). The number of hydrogen-bond donors (Lipinski definition) is 1. The molecule has 0 aliphatic rings. The number of fused-ring (bicyclic) bond motifs is 1. The Kier molecular flexibility index (Phi) is 4.66. The van der Waals surface area contributed by atoms with Crippen molar-refractivity contribution < 1.29 is 4.74 Å². The summed E-state index contributed by atoms with van der Waals surface area (Å²) in [6.07, 6.45) is 6.63. The molecule has 2 aromatic heterocycles. The summed E-state index contributed by atoms with van der Waals surface area (Å²) < 4.78 is 5.70. The number of aryl methyl sites for hydroxylation is 1. The summed E-state index contributed by atoms with van der Waals surface area (Å²) in [7, 11) is 0. The second-order valence-electron chi connectivity index (χ2n) is 5.44. The van der Waals surface area contributed by atoms with Crippen LogP contribution in [0, 0.1) is 0 Å². The topological polar surface area (TPSA) is 67.9 Å². The molecule has 2 heterocycles. The number of nitrogens with one attached hydrogen (secondary N) is 1. The van der Waals surface area contributed by atoms with Gasteiger partial charge in [0, 0.05) is 6.20 Å². The van der Waals surface area contributed by atoms with Crippen molar-refractivity contribution in [3.8, 4) is 5.75 Å². The van der Waals surface area contributed by atoms with Crippen LogP contribution in [0.15, 0.2) is 47.5 Å². The van der Waals surface area contributed by atoms with E-state index in [0.29, 0.717) is 16.7 Å². The largest absolute Gasteiger partial charge is 0.486 e. The van der Waals surface area contributed by atoms with Crippen molar-refractivity contribution in [3.63, 3.8) is 0 Å². The maximum Gasteiger partial charge on any atom is 0.258 e. The average Bonchev–Trinajstić information content (AvgIpc) is 2.59. The summed E-state index contributed by atoms with van der Waals surface area (Å²) in [6, 6.07) is 9.70. The van der Waals surface area contributed by atoms with E-state index in [-0.39, 0.29) is 12.2 Å². The molecular formula is C18H19N3O2. The van der Waals surface area contributed by atoms with Gasteiger partial charge in [-0.1, -0.05) is 25.5 Å². The van der Waals surface area contributed by atoms with E-state index in [1.807, 2.05) is 12.1 Å². The third kappa shape index (κ3) is 3.74. The molecule has 0 atom stereocenters. The summed E-state index contributed by atoms with van der Waals surface area (Å²) >= 11 is 0. The van der Waals surface area contributed by atoms with Crippen LogP contribution in [0.2, 0.25) is 0 Å². The van der Waals surface area contributed by atoms with Gasteiger partial charge in [-0.2, -0.15) is 0 Å². The Labute approximate surface area is 134 Å². The number of hydrogen-bond acceptors (Lipinski definition) is 4. The first-order valence-corrected chi connectivity index (χ1v) is 7.81. The molecule has 118 valence electrons. The SMILES string of the molecule is CCCCc1ccc(OCc2nc3cnccc3c(=O)[nH]2)cc1. The lowest BCUT2D eigenvalue weighted by atomic mass is 10.1. The fraction of sp³-hybridized carbons (Fsp3) is 0.278. The van der Waals surface area contributed by atoms with Gasteiger partial charge in [-0.05, 0) is 36.6 Å². The van der Waals surface area contributed by atoms with Gasteiger partial charge >= 0.3 is 0 Å². The molecule has 0 radical (unpaired) electrons. The predicted octanol–water partition coefficient (Wildman–Crippen LogP) is 3.24. The van der Waals surface area contributed by atoms with Crippen molar-refractivity contribution in [3.05, 3.63) is 64.5 Å². The van der Waals surface area contributed by atoms with Crippen LogP contribution in [0.25, 0.3) is 10.9 Å². The van der Waals surface area contributed by atoms with Crippen LogP contribution in [0.4, 0.5) is 0 Å². The van der Waals surface area contributed by atoms with Gasteiger partial charge in [0.05, 0.1) is 17.1 Å². The molecular weight excluding hydrogens is 290 g/mol. The number of pyridine rings is 1. The van der Waals surface area contributed by atoms with Gasteiger partial charge in [0.15, 0.2) is 0 Å². The minimum atomic E-state index is -0.175. The molecule has 0 aliphatic heterocycles. The number of H-pyrrole nitrogens is 1. The summed E-state index contributed by atoms with van der Waals surface area (Å²) in [5, 5.41) is 0.532. The van der Waals surface area contributed by atoms with Crippen molar-refractivity contribution in [2.24, 2.45) is 0 Å². The van der Waals surface area contributed by atoms with E-state index in [4.69, 9.17) is 4.74 Å². The summed E-state index contributed by atoms with van der Waals surface area (Å²) in [6.45, 7) is 2.40. The van der Waals surface area contributed by atoms with Crippen LogP contribution in [0.1, 0.15) is 31.2 Å². The van der Waals surface area contributed by atoms with Gasteiger partial charge in [-0.3, -0.25) is 9.78 Å². The summed E-state index contributed by atoms with van der Waals surface area (Å²) in [5.41, 5.74) is 1.71. The number of ether oxygens (including phenoxy) is 1. The van der Waals surface area contributed by atoms with Crippen molar-refractivity contribution in [2.45, 2.75) is 32.8 Å². The third-order valence-electron chi connectivity index (χ3n) is 3.68. The molecule has 0 aliphatic carbocycles.